The van der Waals surface area contributed by atoms with Crippen molar-refractivity contribution in [1.29, 1.82) is 0 Å². The van der Waals surface area contributed by atoms with Crippen molar-refractivity contribution in [2.24, 2.45) is 25.7 Å². The van der Waals surface area contributed by atoms with E-state index in [4.69, 9.17) is 22.1 Å². The number of fused-ring (bicyclic) bond motifs is 2. The molecule has 30 heavy (non-hydrogen) atoms. The second-order valence-electron chi connectivity index (χ2n) is 7.75. The van der Waals surface area contributed by atoms with Gasteiger partial charge in [0.05, 0.1) is 25.8 Å². The van der Waals surface area contributed by atoms with E-state index < -0.39 is 11.2 Å². The molecule has 9 nitrogen and oxygen atoms in total. The Balaban J connectivity index is 1.65. The van der Waals surface area contributed by atoms with Crippen molar-refractivity contribution in [3.63, 3.8) is 0 Å². The van der Waals surface area contributed by atoms with Crippen LogP contribution in [0, 0.1) is 5.92 Å². The summed E-state index contributed by atoms with van der Waals surface area (Å²) in [6.45, 7) is 1.22. The summed E-state index contributed by atoms with van der Waals surface area (Å²) in [5.74, 6) is 0.719. The number of nitrogens with one attached hydrogen (secondary N) is 1. The Hall–Kier alpha value is -2.88. The van der Waals surface area contributed by atoms with E-state index in [0.717, 1.165) is 10.9 Å². The van der Waals surface area contributed by atoms with Crippen LogP contribution in [0.4, 0.5) is 0 Å². The largest absolute Gasteiger partial charge is 0.381 e. The maximum Gasteiger partial charge on any atom is 0.332 e. The van der Waals surface area contributed by atoms with Crippen LogP contribution in [-0.4, -0.2) is 36.9 Å². The molecule has 1 aliphatic heterocycles. The van der Waals surface area contributed by atoms with Gasteiger partial charge in [-0.15, -0.1) is 0 Å². The van der Waals surface area contributed by atoms with Gasteiger partial charge in [-0.3, -0.25) is 13.9 Å². The molecule has 1 fully saturated rings. The fourth-order valence-corrected chi connectivity index (χ4v) is 4.23. The molecule has 10 heteroatoms. The molecular weight excluding hydrogens is 408 g/mol. The number of aromatic nitrogens is 5. The van der Waals surface area contributed by atoms with Crippen LogP contribution in [0.1, 0.15) is 17.6 Å². The SMILES string of the molecule is Cn1c(C(N)C2COC2)nc2c1c(=O)n(Cc1cc3c(Cl)cccc3[nH]1)c(=O)n2C. The molecule has 0 aliphatic carbocycles. The number of rotatable bonds is 4. The molecule has 0 radical (unpaired) electrons. The Kier molecular flexibility index (Phi) is 4.35. The summed E-state index contributed by atoms with van der Waals surface area (Å²) < 4.78 is 9.51. The topological polar surface area (TPSA) is 113 Å². The molecule has 3 aromatic heterocycles. The number of aromatic amines is 1. The van der Waals surface area contributed by atoms with Crippen LogP contribution in [0.2, 0.25) is 5.02 Å². The van der Waals surface area contributed by atoms with Gasteiger partial charge in [-0.25, -0.2) is 9.78 Å². The number of ether oxygens (including phenoxy) is 1. The highest BCUT2D eigenvalue weighted by Gasteiger charge is 2.31. The van der Waals surface area contributed by atoms with E-state index in [1.807, 2.05) is 18.2 Å². The monoisotopic (exact) mass is 428 g/mol. The lowest BCUT2D eigenvalue weighted by Crippen LogP contribution is -2.40. The van der Waals surface area contributed by atoms with E-state index >= 15 is 0 Å². The summed E-state index contributed by atoms with van der Waals surface area (Å²) in [7, 11) is 3.36. The van der Waals surface area contributed by atoms with Crippen molar-refractivity contribution in [3.8, 4) is 0 Å². The van der Waals surface area contributed by atoms with Crippen LogP contribution < -0.4 is 17.0 Å². The fraction of sp³-hybridized carbons (Fsp3) is 0.350. The number of aryl methyl sites for hydroxylation is 2. The molecule has 4 aromatic rings. The summed E-state index contributed by atoms with van der Waals surface area (Å²) in [4.78, 5) is 34.0. The average molecular weight is 429 g/mol. The van der Waals surface area contributed by atoms with E-state index in [9.17, 15) is 9.59 Å². The number of H-pyrrole nitrogens is 1. The molecule has 1 aromatic carbocycles. The Morgan fingerprint density at radius 3 is 2.73 bits per heavy atom. The fourth-order valence-electron chi connectivity index (χ4n) is 4.00. The predicted molar refractivity (Wildman–Crippen MR) is 114 cm³/mol. The number of hydrogen-bond donors (Lipinski definition) is 2. The van der Waals surface area contributed by atoms with E-state index in [1.165, 1.54) is 9.13 Å². The van der Waals surface area contributed by atoms with Gasteiger partial charge in [-0.1, -0.05) is 17.7 Å². The highest BCUT2D eigenvalue weighted by molar-refractivity contribution is 6.35. The third kappa shape index (κ3) is 2.73. The summed E-state index contributed by atoms with van der Waals surface area (Å²) in [5, 5.41) is 1.45. The number of imidazole rings is 1. The molecule has 1 unspecified atom stereocenters. The maximum atomic E-state index is 13.3. The second-order valence-corrected chi connectivity index (χ2v) is 8.16. The zero-order valence-corrected chi connectivity index (χ0v) is 17.3. The smallest absolute Gasteiger partial charge is 0.332 e. The average Bonchev–Trinajstić information content (AvgIpc) is 3.24. The van der Waals surface area contributed by atoms with Crippen molar-refractivity contribution in [3.05, 3.63) is 61.6 Å². The summed E-state index contributed by atoms with van der Waals surface area (Å²) in [6.07, 6.45) is 0. The molecule has 1 atom stereocenters. The molecule has 5 rings (SSSR count). The van der Waals surface area contributed by atoms with Gasteiger partial charge in [0.1, 0.15) is 5.82 Å². The van der Waals surface area contributed by atoms with Crippen LogP contribution in [0.25, 0.3) is 22.1 Å². The number of nitrogens with two attached hydrogens (primary N) is 1. The molecule has 1 saturated heterocycles. The molecule has 4 heterocycles. The first kappa shape index (κ1) is 19.1. The highest BCUT2D eigenvalue weighted by atomic mass is 35.5. The number of benzene rings is 1. The first-order valence-corrected chi connectivity index (χ1v) is 10.00. The van der Waals surface area contributed by atoms with Crippen LogP contribution in [0.15, 0.2) is 33.9 Å². The second kappa shape index (κ2) is 6.83. The van der Waals surface area contributed by atoms with Gasteiger partial charge in [-0.2, -0.15) is 0 Å². The minimum absolute atomic E-state index is 0.0927. The lowest BCUT2D eigenvalue weighted by atomic mass is 9.98. The van der Waals surface area contributed by atoms with E-state index in [0.29, 0.717) is 40.9 Å². The van der Waals surface area contributed by atoms with Crippen LogP contribution >= 0.6 is 11.6 Å². The molecule has 156 valence electrons. The van der Waals surface area contributed by atoms with Gasteiger partial charge in [0, 0.05) is 41.6 Å². The molecule has 0 amide bonds. The van der Waals surface area contributed by atoms with Crippen molar-refractivity contribution >= 4 is 33.7 Å². The zero-order chi connectivity index (χ0) is 21.2. The minimum atomic E-state index is -0.442. The minimum Gasteiger partial charge on any atom is -0.381 e. The number of halogens is 1. The van der Waals surface area contributed by atoms with Gasteiger partial charge < -0.3 is 20.0 Å². The highest BCUT2D eigenvalue weighted by Crippen LogP contribution is 2.27. The molecule has 3 N–H and O–H groups in total. The Bertz CT molecular complexity index is 1410. The van der Waals surface area contributed by atoms with Gasteiger partial charge in [-0.05, 0) is 18.2 Å². The molecule has 1 aliphatic rings. The quantitative estimate of drug-likeness (QED) is 0.508. The van der Waals surface area contributed by atoms with E-state index in [1.54, 1.807) is 24.7 Å². The van der Waals surface area contributed by atoms with Crippen molar-refractivity contribution < 1.29 is 4.74 Å². The third-order valence-corrected chi connectivity index (χ3v) is 6.19. The Morgan fingerprint density at radius 1 is 1.30 bits per heavy atom. The summed E-state index contributed by atoms with van der Waals surface area (Å²) in [6, 6.07) is 7.03. The predicted octanol–water partition coefficient (Wildman–Crippen LogP) is 1.26. The standard InChI is InChI=1S/C20H21ClN6O3/c1-25-16-18(24-17(25)15(22)10-8-30-9-10)26(2)20(29)27(19(16)28)7-11-6-12-13(21)4-3-5-14(12)23-11/h3-6,10,15,23H,7-9,22H2,1-2H3. The third-order valence-electron chi connectivity index (χ3n) is 5.86. The Morgan fingerprint density at radius 2 is 2.07 bits per heavy atom. The number of nitrogens with zero attached hydrogens (tertiary/aromatic N) is 4. The summed E-state index contributed by atoms with van der Waals surface area (Å²) >= 11 is 6.25. The van der Waals surface area contributed by atoms with Gasteiger partial charge >= 0.3 is 5.69 Å². The van der Waals surface area contributed by atoms with Crippen molar-refractivity contribution in [1.82, 2.24) is 23.7 Å². The first-order chi connectivity index (χ1) is 14.4. The van der Waals surface area contributed by atoms with Crippen molar-refractivity contribution in [2.75, 3.05) is 13.2 Å². The van der Waals surface area contributed by atoms with Crippen LogP contribution in [0.3, 0.4) is 0 Å². The van der Waals surface area contributed by atoms with Gasteiger partial charge in [0.15, 0.2) is 11.2 Å². The number of hydrogen-bond acceptors (Lipinski definition) is 5. The normalized spacial score (nSPS) is 15.7. The molecular formula is C20H21ClN6O3. The van der Waals surface area contributed by atoms with Crippen LogP contribution in [0.5, 0.6) is 0 Å². The first-order valence-electron chi connectivity index (χ1n) is 9.62. The van der Waals surface area contributed by atoms with Gasteiger partial charge in [0.25, 0.3) is 5.56 Å². The lowest BCUT2D eigenvalue weighted by Gasteiger charge is -2.30. The van der Waals surface area contributed by atoms with Crippen LogP contribution in [-0.2, 0) is 25.4 Å². The molecule has 0 bridgehead atoms. The van der Waals surface area contributed by atoms with E-state index in [2.05, 4.69) is 9.97 Å². The maximum absolute atomic E-state index is 13.3. The Labute approximate surface area is 175 Å². The van der Waals surface area contributed by atoms with Gasteiger partial charge in [0.2, 0.25) is 0 Å². The summed E-state index contributed by atoms with van der Waals surface area (Å²) in [5.41, 5.74) is 7.73. The van der Waals surface area contributed by atoms with Crippen molar-refractivity contribution in [2.45, 2.75) is 12.6 Å². The van der Waals surface area contributed by atoms with E-state index in [-0.39, 0.29) is 18.5 Å². The zero-order valence-electron chi connectivity index (χ0n) is 16.6. The molecule has 0 spiro atoms. The molecule has 0 saturated carbocycles. The lowest BCUT2D eigenvalue weighted by molar-refractivity contribution is -0.0456.